The van der Waals surface area contributed by atoms with E-state index in [1.54, 1.807) is 11.5 Å². The third-order valence-electron chi connectivity index (χ3n) is 3.97. The van der Waals surface area contributed by atoms with Gasteiger partial charge in [0.15, 0.2) is 0 Å². The monoisotopic (exact) mass is 264 g/mol. The summed E-state index contributed by atoms with van der Waals surface area (Å²) in [6.07, 6.45) is 5.36. The molecule has 1 saturated carbocycles. The molecule has 0 bridgehead atoms. The number of carboxylic acid groups (broad SMARTS) is 1. The first-order chi connectivity index (χ1) is 9.00. The number of aliphatic carboxylic acids is 1. The van der Waals surface area contributed by atoms with Gasteiger partial charge in [0, 0.05) is 23.0 Å². The average Bonchev–Trinajstić information content (AvgIpc) is 2.35. The summed E-state index contributed by atoms with van der Waals surface area (Å²) in [5, 5.41) is 8.97. The number of hydrogen-bond donors (Lipinski definition) is 1. The minimum absolute atomic E-state index is 0.0718. The van der Waals surface area contributed by atoms with Gasteiger partial charge < -0.3 is 5.11 Å². The van der Waals surface area contributed by atoms with Crippen LogP contribution in [0.4, 0.5) is 0 Å². The number of carbonyl (C=O) groups is 1. The van der Waals surface area contributed by atoms with Crippen LogP contribution in [0.25, 0.3) is 0 Å². The van der Waals surface area contributed by atoms with E-state index >= 15 is 0 Å². The molecule has 1 fully saturated rings. The van der Waals surface area contributed by atoms with Gasteiger partial charge >= 0.3 is 11.7 Å². The van der Waals surface area contributed by atoms with Gasteiger partial charge in [-0.25, -0.2) is 4.79 Å². The predicted molar refractivity (Wildman–Crippen MR) is 71.4 cm³/mol. The molecule has 5 heteroatoms. The highest BCUT2D eigenvalue weighted by molar-refractivity contribution is 5.70. The molecule has 1 N–H and O–H groups in total. The fourth-order valence-electron chi connectivity index (χ4n) is 2.99. The maximum absolute atomic E-state index is 12.1. The molecule has 19 heavy (non-hydrogen) atoms. The van der Waals surface area contributed by atoms with Crippen LogP contribution in [-0.2, 0) is 11.2 Å². The molecule has 2 rings (SSSR count). The fourth-order valence-corrected chi connectivity index (χ4v) is 2.99. The Bertz CT molecular complexity index is 542. The second kappa shape index (κ2) is 5.55. The van der Waals surface area contributed by atoms with Crippen LogP contribution >= 0.6 is 0 Å². The first kappa shape index (κ1) is 13.8. The zero-order chi connectivity index (χ0) is 14.0. The number of rotatable bonds is 3. The Hall–Kier alpha value is -1.65. The molecule has 1 aromatic heterocycles. The number of hydrogen-bond acceptors (Lipinski definition) is 3. The van der Waals surface area contributed by atoms with Crippen LogP contribution in [0, 0.1) is 13.8 Å². The SMILES string of the molecule is Cc1nc(=O)n(C2CCCCC2)c(C)c1CC(=O)O. The molecule has 1 aliphatic rings. The van der Waals surface area contributed by atoms with Gasteiger partial charge in [0.05, 0.1) is 6.42 Å². The molecule has 1 aliphatic carbocycles. The molecule has 104 valence electrons. The Labute approximate surface area is 112 Å². The summed E-state index contributed by atoms with van der Waals surface area (Å²) in [5.74, 6) is -0.887. The quantitative estimate of drug-likeness (QED) is 0.906. The lowest BCUT2D eigenvalue weighted by Gasteiger charge is -2.26. The van der Waals surface area contributed by atoms with Crippen LogP contribution in [0.1, 0.15) is 55.1 Å². The minimum atomic E-state index is -0.887. The highest BCUT2D eigenvalue weighted by Crippen LogP contribution is 2.28. The molecule has 0 atom stereocenters. The van der Waals surface area contributed by atoms with E-state index in [1.165, 1.54) is 6.42 Å². The van der Waals surface area contributed by atoms with Gasteiger partial charge in [-0.15, -0.1) is 0 Å². The van der Waals surface area contributed by atoms with Crippen molar-refractivity contribution >= 4 is 5.97 Å². The van der Waals surface area contributed by atoms with Crippen LogP contribution in [-0.4, -0.2) is 20.6 Å². The minimum Gasteiger partial charge on any atom is -0.481 e. The topological polar surface area (TPSA) is 72.2 Å². The standard InChI is InChI=1S/C14H20N2O3/c1-9-12(8-13(17)18)10(2)16(14(19)15-9)11-6-4-3-5-7-11/h11H,3-8H2,1-2H3,(H,17,18). The molecule has 0 aliphatic heterocycles. The molecule has 0 amide bonds. The molecular weight excluding hydrogens is 244 g/mol. The van der Waals surface area contributed by atoms with Crippen molar-refractivity contribution in [1.29, 1.82) is 0 Å². The van der Waals surface area contributed by atoms with Crippen LogP contribution in [0.15, 0.2) is 4.79 Å². The normalized spacial score (nSPS) is 16.5. The zero-order valence-corrected chi connectivity index (χ0v) is 11.5. The molecule has 0 saturated heterocycles. The van der Waals surface area contributed by atoms with Crippen molar-refractivity contribution in [3.8, 4) is 0 Å². The maximum Gasteiger partial charge on any atom is 0.348 e. The van der Waals surface area contributed by atoms with E-state index in [-0.39, 0.29) is 18.2 Å². The van der Waals surface area contributed by atoms with Crippen molar-refractivity contribution < 1.29 is 9.90 Å². The maximum atomic E-state index is 12.1. The fraction of sp³-hybridized carbons (Fsp3) is 0.643. The number of aromatic nitrogens is 2. The van der Waals surface area contributed by atoms with Gasteiger partial charge in [-0.3, -0.25) is 9.36 Å². The summed E-state index contributed by atoms with van der Waals surface area (Å²) in [7, 11) is 0. The van der Waals surface area contributed by atoms with Crippen molar-refractivity contribution in [2.75, 3.05) is 0 Å². The van der Waals surface area contributed by atoms with Gasteiger partial charge in [-0.2, -0.15) is 4.98 Å². The summed E-state index contributed by atoms with van der Waals surface area (Å²) in [4.78, 5) is 27.0. The Kier molecular flexibility index (Phi) is 4.02. The third-order valence-corrected chi connectivity index (χ3v) is 3.97. The Morgan fingerprint density at radius 1 is 1.32 bits per heavy atom. The summed E-state index contributed by atoms with van der Waals surface area (Å²) in [6.45, 7) is 3.54. The van der Waals surface area contributed by atoms with Crippen LogP contribution < -0.4 is 5.69 Å². The van der Waals surface area contributed by atoms with E-state index in [2.05, 4.69) is 4.98 Å². The van der Waals surface area contributed by atoms with Crippen LogP contribution in [0.5, 0.6) is 0 Å². The van der Waals surface area contributed by atoms with Crippen molar-refractivity contribution in [2.24, 2.45) is 0 Å². The van der Waals surface area contributed by atoms with Gasteiger partial charge in [-0.1, -0.05) is 19.3 Å². The van der Waals surface area contributed by atoms with E-state index in [9.17, 15) is 9.59 Å². The summed E-state index contributed by atoms with van der Waals surface area (Å²) in [6, 6.07) is 0.182. The summed E-state index contributed by atoms with van der Waals surface area (Å²) in [5.41, 5.74) is 1.75. The van der Waals surface area contributed by atoms with Gasteiger partial charge in [0.1, 0.15) is 0 Å². The molecule has 1 aromatic rings. The summed E-state index contributed by atoms with van der Waals surface area (Å²) < 4.78 is 1.71. The lowest BCUT2D eigenvalue weighted by atomic mass is 9.94. The second-order valence-corrected chi connectivity index (χ2v) is 5.28. The molecule has 0 aromatic carbocycles. The van der Waals surface area contributed by atoms with Crippen LogP contribution in [0.2, 0.25) is 0 Å². The Morgan fingerprint density at radius 2 is 1.95 bits per heavy atom. The third kappa shape index (κ3) is 2.85. The van der Waals surface area contributed by atoms with Crippen molar-refractivity contribution in [2.45, 2.75) is 58.4 Å². The van der Waals surface area contributed by atoms with Crippen molar-refractivity contribution in [3.05, 3.63) is 27.4 Å². The Balaban J connectivity index is 2.47. The Morgan fingerprint density at radius 3 is 2.53 bits per heavy atom. The van der Waals surface area contributed by atoms with Crippen LogP contribution in [0.3, 0.4) is 0 Å². The van der Waals surface area contributed by atoms with Gasteiger partial charge in [0.2, 0.25) is 0 Å². The lowest BCUT2D eigenvalue weighted by molar-refractivity contribution is -0.136. The highest BCUT2D eigenvalue weighted by Gasteiger charge is 2.21. The molecule has 1 heterocycles. The lowest BCUT2D eigenvalue weighted by Crippen LogP contribution is -2.32. The predicted octanol–water partition coefficient (Wildman–Crippen LogP) is 1.99. The second-order valence-electron chi connectivity index (χ2n) is 5.28. The van der Waals surface area contributed by atoms with Crippen molar-refractivity contribution in [1.82, 2.24) is 9.55 Å². The summed E-state index contributed by atoms with van der Waals surface area (Å²) >= 11 is 0. The first-order valence-corrected chi connectivity index (χ1v) is 6.81. The largest absolute Gasteiger partial charge is 0.481 e. The van der Waals surface area contributed by atoms with Gasteiger partial charge in [0.25, 0.3) is 0 Å². The molecule has 0 radical (unpaired) electrons. The van der Waals surface area contributed by atoms with E-state index in [0.29, 0.717) is 11.3 Å². The highest BCUT2D eigenvalue weighted by atomic mass is 16.4. The van der Waals surface area contributed by atoms with E-state index in [4.69, 9.17) is 5.11 Å². The van der Waals surface area contributed by atoms with E-state index in [0.717, 1.165) is 31.4 Å². The molecular formula is C14H20N2O3. The smallest absolute Gasteiger partial charge is 0.348 e. The molecule has 5 nitrogen and oxygen atoms in total. The number of carboxylic acids is 1. The molecule has 0 unspecified atom stereocenters. The van der Waals surface area contributed by atoms with E-state index < -0.39 is 5.97 Å². The first-order valence-electron chi connectivity index (χ1n) is 6.81. The zero-order valence-electron chi connectivity index (χ0n) is 11.5. The molecule has 0 spiro atoms. The number of aryl methyl sites for hydroxylation is 1. The average molecular weight is 264 g/mol. The van der Waals surface area contributed by atoms with Crippen molar-refractivity contribution in [3.63, 3.8) is 0 Å². The van der Waals surface area contributed by atoms with Gasteiger partial charge in [-0.05, 0) is 26.7 Å². The number of nitrogens with zero attached hydrogens (tertiary/aromatic N) is 2. The van der Waals surface area contributed by atoms with E-state index in [1.807, 2.05) is 6.92 Å².